The Morgan fingerprint density at radius 1 is 1.24 bits per heavy atom. The number of anilines is 1. The highest BCUT2D eigenvalue weighted by Crippen LogP contribution is 2.34. The van der Waals surface area contributed by atoms with Gasteiger partial charge in [0.1, 0.15) is 5.75 Å². The summed E-state index contributed by atoms with van der Waals surface area (Å²) < 4.78 is 44.7. The number of para-hydroxylation sites is 1. The Balaban J connectivity index is 2.17. The summed E-state index contributed by atoms with van der Waals surface area (Å²) in [6.45, 7) is 3.50. The summed E-state index contributed by atoms with van der Waals surface area (Å²) in [4.78, 5) is 12.3. The van der Waals surface area contributed by atoms with Gasteiger partial charge in [-0.3, -0.25) is 4.79 Å². The maximum atomic E-state index is 13.0. The van der Waals surface area contributed by atoms with Crippen LogP contribution in [0.25, 0.3) is 0 Å². The zero-order valence-corrected chi connectivity index (χ0v) is 14.4. The number of nitrogens with one attached hydrogen (secondary N) is 1. The molecular formula is C18H17ClF3NO2. The van der Waals surface area contributed by atoms with Crippen molar-refractivity contribution in [1.82, 2.24) is 0 Å². The summed E-state index contributed by atoms with van der Waals surface area (Å²) >= 11 is 5.94. The van der Waals surface area contributed by atoms with Crippen molar-refractivity contribution >= 4 is 23.2 Å². The molecule has 0 bridgehead atoms. The quantitative estimate of drug-likeness (QED) is 0.757. The predicted molar refractivity (Wildman–Crippen MR) is 91.0 cm³/mol. The van der Waals surface area contributed by atoms with Gasteiger partial charge in [0.05, 0.1) is 11.3 Å². The van der Waals surface area contributed by atoms with E-state index in [-0.39, 0.29) is 5.69 Å². The van der Waals surface area contributed by atoms with Gasteiger partial charge < -0.3 is 10.1 Å². The molecule has 1 amide bonds. The summed E-state index contributed by atoms with van der Waals surface area (Å²) in [7, 11) is 0. The molecule has 0 spiro atoms. The van der Waals surface area contributed by atoms with Crippen LogP contribution in [0.1, 0.15) is 24.5 Å². The van der Waals surface area contributed by atoms with Crippen molar-refractivity contribution in [2.75, 3.05) is 5.32 Å². The van der Waals surface area contributed by atoms with Crippen molar-refractivity contribution in [3.05, 3.63) is 58.6 Å². The van der Waals surface area contributed by atoms with E-state index in [1.807, 2.05) is 0 Å². The molecule has 0 aliphatic heterocycles. The molecule has 0 radical (unpaired) electrons. The van der Waals surface area contributed by atoms with Crippen molar-refractivity contribution in [3.63, 3.8) is 0 Å². The van der Waals surface area contributed by atoms with Crippen molar-refractivity contribution in [2.24, 2.45) is 0 Å². The lowest BCUT2D eigenvalue weighted by Gasteiger charge is -2.19. The van der Waals surface area contributed by atoms with E-state index in [4.69, 9.17) is 16.3 Å². The third-order valence-corrected chi connectivity index (χ3v) is 3.99. The van der Waals surface area contributed by atoms with Gasteiger partial charge in [0.15, 0.2) is 6.10 Å². The molecule has 0 unspecified atom stereocenters. The Morgan fingerprint density at radius 2 is 1.92 bits per heavy atom. The van der Waals surface area contributed by atoms with E-state index in [0.29, 0.717) is 17.2 Å². The third-order valence-electron chi connectivity index (χ3n) is 3.56. The van der Waals surface area contributed by atoms with Crippen molar-refractivity contribution in [1.29, 1.82) is 0 Å². The van der Waals surface area contributed by atoms with Crippen LogP contribution in [0.5, 0.6) is 5.75 Å². The summed E-state index contributed by atoms with van der Waals surface area (Å²) in [6.07, 6.45) is -5.19. The standard InChI is InChI=1S/C18H17ClF3NO2/c1-3-16(25-12-8-9-14(19)11(2)10-12)17(24)23-15-7-5-4-6-13(15)18(20,21)22/h4-10,16H,3H2,1-2H3,(H,23,24)/t16-/m0/s1. The van der Waals surface area contributed by atoms with Gasteiger partial charge in [-0.2, -0.15) is 13.2 Å². The van der Waals surface area contributed by atoms with Crippen molar-refractivity contribution < 1.29 is 22.7 Å². The van der Waals surface area contributed by atoms with Crippen LogP contribution in [-0.2, 0) is 11.0 Å². The van der Waals surface area contributed by atoms with Gasteiger partial charge in [-0.05, 0) is 49.2 Å². The summed E-state index contributed by atoms with van der Waals surface area (Å²) in [6, 6.07) is 9.73. The number of carbonyl (C=O) groups excluding carboxylic acids is 1. The molecule has 0 heterocycles. The lowest BCUT2D eigenvalue weighted by Crippen LogP contribution is -2.33. The lowest BCUT2D eigenvalue weighted by molar-refractivity contribution is -0.137. The van der Waals surface area contributed by atoms with E-state index in [9.17, 15) is 18.0 Å². The Morgan fingerprint density at radius 3 is 2.52 bits per heavy atom. The fourth-order valence-electron chi connectivity index (χ4n) is 2.23. The summed E-state index contributed by atoms with van der Waals surface area (Å²) in [5, 5.41) is 2.86. The molecule has 134 valence electrons. The molecule has 0 aliphatic carbocycles. The first kappa shape index (κ1) is 19.1. The molecule has 2 rings (SSSR count). The van der Waals surface area contributed by atoms with Gasteiger partial charge >= 0.3 is 6.18 Å². The van der Waals surface area contributed by atoms with Crippen LogP contribution < -0.4 is 10.1 Å². The number of alkyl halides is 3. The first-order valence-electron chi connectivity index (χ1n) is 7.62. The monoisotopic (exact) mass is 371 g/mol. The highest BCUT2D eigenvalue weighted by molar-refractivity contribution is 6.31. The first-order chi connectivity index (χ1) is 11.7. The van der Waals surface area contributed by atoms with Gasteiger partial charge in [-0.1, -0.05) is 30.7 Å². The van der Waals surface area contributed by atoms with Crippen LogP contribution in [-0.4, -0.2) is 12.0 Å². The number of ether oxygens (including phenoxy) is 1. The average molecular weight is 372 g/mol. The van der Waals surface area contributed by atoms with Gasteiger partial charge in [0.25, 0.3) is 5.91 Å². The van der Waals surface area contributed by atoms with Gasteiger partial charge in [-0.25, -0.2) is 0 Å². The van der Waals surface area contributed by atoms with E-state index in [1.165, 1.54) is 18.2 Å². The van der Waals surface area contributed by atoms with Gasteiger partial charge in [-0.15, -0.1) is 0 Å². The lowest BCUT2D eigenvalue weighted by atomic mass is 10.1. The smallest absolute Gasteiger partial charge is 0.418 e. The zero-order valence-electron chi connectivity index (χ0n) is 13.7. The van der Waals surface area contributed by atoms with Crippen LogP contribution in [0.4, 0.5) is 18.9 Å². The molecular weight excluding hydrogens is 355 g/mol. The minimum atomic E-state index is -4.56. The molecule has 2 aromatic carbocycles. The molecule has 0 saturated carbocycles. The minimum Gasteiger partial charge on any atom is -0.481 e. The molecule has 25 heavy (non-hydrogen) atoms. The number of rotatable bonds is 5. The normalized spacial score (nSPS) is 12.6. The number of halogens is 4. The van der Waals surface area contributed by atoms with Gasteiger partial charge in [0.2, 0.25) is 0 Å². The molecule has 1 N–H and O–H groups in total. The Hall–Kier alpha value is -2.21. The average Bonchev–Trinajstić information content (AvgIpc) is 2.55. The van der Waals surface area contributed by atoms with E-state index >= 15 is 0 Å². The second-order valence-corrected chi connectivity index (χ2v) is 5.87. The van der Waals surface area contributed by atoms with Crippen LogP contribution in [0.15, 0.2) is 42.5 Å². The van der Waals surface area contributed by atoms with Gasteiger partial charge in [0, 0.05) is 5.02 Å². The van der Waals surface area contributed by atoms with Crippen LogP contribution in [0.3, 0.4) is 0 Å². The Bertz CT molecular complexity index is 762. The molecule has 3 nitrogen and oxygen atoms in total. The second-order valence-electron chi connectivity index (χ2n) is 5.46. The summed E-state index contributed by atoms with van der Waals surface area (Å²) in [5.74, 6) is -0.222. The summed E-state index contributed by atoms with van der Waals surface area (Å²) in [5.41, 5.74) is -0.424. The minimum absolute atomic E-state index is 0.293. The highest BCUT2D eigenvalue weighted by atomic mass is 35.5. The molecule has 0 aromatic heterocycles. The highest BCUT2D eigenvalue weighted by Gasteiger charge is 2.34. The predicted octanol–water partition coefficient (Wildman–Crippen LogP) is 5.46. The van der Waals surface area contributed by atoms with Crippen molar-refractivity contribution in [2.45, 2.75) is 32.5 Å². The number of carbonyl (C=O) groups is 1. The third kappa shape index (κ3) is 4.89. The molecule has 1 atom stereocenters. The van der Waals surface area contributed by atoms with E-state index in [2.05, 4.69) is 5.32 Å². The fourth-order valence-corrected chi connectivity index (χ4v) is 2.35. The first-order valence-corrected chi connectivity index (χ1v) is 8.00. The number of benzene rings is 2. The maximum absolute atomic E-state index is 13.0. The Kier molecular flexibility index (Phi) is 5.95. The molecule has 2 aromatic rings. The number of aryl methyl sites for hydroxylation is 1. The number of hydrogen-bond acceptors (Lipinski definition) is 2. The molecule has 0 aliphatic rings. The molecule has 0 fully saturated rings. The van der Waals surface area contributed by atoms with Crippen LogP contribution in [0, 0.1) is 6.92 Å². The van der Waals surface area contributed by atoms with E-state index in [0.717, 1.165) is 11.6 Å². The van der Waals surface area contributed by atoms with E-state index < -0.39 is 23.8 Å². The SMILES string of the molecule is CC[C@H](Oc1ccc(Cl)c(C)c1)C(=O)Nc1ccccc1C(F)(F)F. The topological polar surface area (TPSA) is 38.3 Å². The Labute approximate surface area is 148 Å². The number of hydrogen-bond donors (Lipinski definition) is 1. The van der Waals surface area contributed by atoms with E-state index in [1.54, 1.807) is 32.0 Å². The number of amides is 1. The molecule has 0 saturated heterocycles. The maximum Gasteiger partial charge on any atom is 0.418 e. The molecule has 7 heteroatoms. The zero-order chi connectivity index (χ0) is 18.6. The van der Waals surface area contributed by atoms with Crippen LogP contribution in [0.2, 0.25) is 5.02 Å². The fraction of sp³-hybridized carbons (Fsp3) is 0.278. The second kappa shape index (κ2) is 7.78. The van der Waals surface area contributed by atoms with Crippen LogP contribution >= 0.6 is 11.6 Å². The van der Waals surface area contributed by atoms with Crippen molar-refractivity contribution in [3.8, 4) is 5.75 Å². The largest absolute Gasteiger partial charge is 0.481 e.